The fraction of sp³-hybridized carbons (Fsp3) is 0.333. The van der Waals surface area contributed by atoms with Crippen molar-refractivity contribution in [3.8, 4) is 11.8 Å². The maximum absolute atomic E-state index is 11.9. The SMILES string of the molecule is CC(C)(NC(=O)c1csc(C#CCN)c1)C(N)=O. The van der Waals surface area contributed by atoms with Gasteiger partial charge < -0.3 is 16.8 Å². The van der Waals surface area contributed by atoms with Gasteiger partial charge in [-0.25, -0.2) is 0 Å². The van der Waals surface area contributed by atoms with E-state index in [-0.39, 0.29) is 12.5 Å². The van der Waals surface area contributed by atoms with E-state index in [4.69, 9.17) is 11.5 Å². The van der Waals surface area contributed by atoms with Crippen LogP contribution >= 0.6 is 11.3 Å². The number of nitrogens with one attached hydrogen (secondary N) is 1. The predicted molar refractivity (Wildman–Crippen MR) is 71.0 cm³/mol. The summed E-state index contributed by atoms with van der Waals surface area (Å²) in [6.07, 6.45) is 0. The molecule has 0 aliphatic heterocycles. The Balaban J connectivity index is 2.80. The second kappa shape index (κ2) is 5.67. The van der Waals surface area contributed by atoms with Crippen LogP contribution in [-0.2, 0) is 4.79 Å². The first-order valence-electron chi connectivity index (χ1n) is 5.26. The number of carbonyl (C=O) groups excluding carboxylic acids is 2. The molecule has 0 unspecified atom stereocenters. The fourth-order valence-corrected chi connectivity index (χ4v) is 1.83. The second-order valence-electron chi connectivity index (χ2n) is 4.15. The highest BCUT2D eigenvalue weighted by Crippen LogP contribution is 2.14. The number of primary amides is 1. The molecule has 0 aliphatic rings. The third-order valence-electron chi connectivity index (χ3n) is 2.22. The maximum atomic E-state index is 11.9. The summed E-state index contributed by atoms with van der Waals surface area (Å²) in [7, 11) is 0. The van der Waals surface area contributed by atoms with Crippen LogP contribution < -0.4 is 16.8 Å². The van der Waals surface area contributed by atoms with Crippen molar-refractivity contribution in [1.29, 1.82) is 0 Å². The van der Waals surface area contributed by atoms with Gasteiger partial charge in [0.1, 0.15) is 5.54 Å². The number of rotatable bonds is 3. The lowest BCUT2D eigenvalue weighted by molar-refractivity contribution is -0.122. The summed E-state index contributed by atoms with van der Waals surface area (Å²) < 4.78 is 0. The molecule has 96 valence electrons. The first-order valence-corrected chi connectivity index (χ1v) is 6.14. The van der Waals surface area contributed by atoms with E-state index in [1.807, 2.05) is 0 Å². The van der Waals surface area contributed by atoms with Crippen LogP contribution in [0.3, 0.4) is 0 Å². The monoisotopic (exact) mass is 265 g/mol. The van der Waals surface area contributed by atoms with Crippen molar-refractivity contribution in [1.82, 2.24) is 5.32 Å². The largest absolute Gasteiger partial charge is 0.368 e. The van der Waals surface area contributed by atoms with Crippen LogP contribution in [0.1, 0.15) is 29.1 Å². The molecule has 6 heteroatoms. The molecule has 0 spiro atoms. The summed E-state index contributed by atoms with van der Waals surface area (Å²) in [4.78, 5) is 23.7. The van der Waals surface area contributed by atoms with E-state index in [0.717, 1.165) is 4.88 Å². The number of amides is 2. The number of thiophene rings is 1. The molecule has 1 rings (SSSR count). The molecule has 18 heavy (non-hydrogen) atoms. The Morgan fingerprint density at radius 2 is 2.17 bits per heavy atom. The third-order valence-corrected chi connectivity index (χ3v) is 3.06. The normalized spacial score (nSPS) is 10.4. The standard InChI is InChI=1S/C12H15N3O2S/c1-12(2,11(14)17)15-10(16)8-6-9(18-7-8)4-3-5-13/h6-7H,5,13H2,1-2H3,(H2,14,17)(H,15,16). The van der Waals surface area contributed by atoms with Gasteiger partial charge in [-0.2, -0.15) is 0 Å². The van der Waals surface area contributed by atoms with Crippen LogP contribution in [-0.4, -0.2) is 23.9 Å². The zero-order valence-corrected chi connectivity index (χ0v) is 11.1. The summed E-state index contributed by atoms with van der Waals surface area (Å²) in [6.45, 7) is 3.37. The predicted octanol–water partition coefficient (Wildman–Crippen LogP) is 0.0520. The molecule has 0 aromatic carbocycles. The van der Waals surface area contributed by atoms with E-state index < -0.39 is 11.4 Å². The summed E-state index contributed by atoms with van der Waals surface area (Å²) in [5.41, 5.74) is 9.81. The zero-order chi connectivity index (χ0) is 13.8. The highest BCUT2D eigenvalue weighted by Gasteiger charge is 2.27. The molecular weight excluding hydrogens is 250 g/mol. The lowest BCUT2D eigenvalue weighted by atomic mass is 10.0. The summed E-state index contributed by atoms with van der Waals surface area (Å²) in [6, 6.07) is 1.65. The molecule has 0 bridgehead atoms. The number of carbonyl (C=O) groups is 2. The van der Waals surface area contributed by atoms with Crippen LogP contribution in [0, 0.1) is 11.8 Å². The van der Waals surface area contributed by atoms with E-state index in [1.54, 1.807) is 25.3 Å². The van der Waals surface area contributed by atoms with Gasteiger partial charge in [-0.15, -0.1) is 11.3 Å². The fourth-order valence-electron chi connectivity index (χ4n) is 1.08. The lowest BCUT2D eigenvalue weighted by Gasteiger charge is -2.21. The van der Waals surface area contributed by atoms with Crippen molar-refractivity contribution in [2.45, 2.75) is 19.4 Å². The minimum absolute atomic E-state index is 0.272. The van der Waals surface area contributed by atoms with Crippen LogP contribution in [0.5, 0.6) is 0 Å². The summed E-state index contributed by atoms with van der Waals surface area (Å²) in [5.74, 6) is 4.60. The van der Waals surface area contributed by atoms with Gasteiger partial charge in [-0.05, 0) is 19.9 Å². The van der Waals surface area contributed by atoms with E-state index in [2.05, 4.69) is 17.2 Å². The summed E-state index contributed by atoms with van der Waals surface area (Å²) in [5, 5.41) is 4.24. The molecule has 0 aliphatic carbocycles. The van der Waals surface area contributed by atoms with Crippen molar-refractivity contribution >= 4 is 23.2 Å². The van der Waals surface area contributed by atoms with Crippen molar-refractivity contribution in [3.63, 3.8) is 0 Å². The van der Waals surface area contributed by atoms with Crippen molar-refractivity contribution in [2.75, 3.05) is 6.54 Å². The van der Waals surface area contributed by atoms with Crippen molar-refractivity contribution < 1.29 is 9.59 Å². The molecule has 5 nitrogen and oxygen atoms in total. The van der Waals surface area contributed by atoms with E-state index in [1.165, 1.54) is 11.3 Å². The van der Waals surface area contributed by atoms with Crippen molar-refractivity contribution in [2.24, 2.45) is 11.5 Å². The van der Waals surface area contributed by atoms with Crippen LogP contribution in [0.2, 0.25) is 0 Å². The van der Waals surface area contributed by atoms with Crippen LogP contribution in [0.25, 0.3) is 0 Å². The summed E-state index contributed by atoms with van der Waals surface area (Å²) >= 11 is 1.35. The average Bonchev–Trinajstić information content (AvgIpc) is 2.74. The quantitative estimate of drug-likeness (QED) is 0.673. The molecule has 0 radical (unpaired) electrons. The van der Waals surface area contributed by atoms with Gasteiger partial charge in [-0.3, -0.25) is 9.59 Å². The zero-order valence-electron chi connectivity index (χ0n) is 10.2. The topological polar surface area (TPSA) is 98.2 Å². The Hall–Kier alpha value is -1.84. The molecule has 0 saturated carbocycles. The Kier molecular flexibility index (Phi) is 4.48. The van der Waals surface area contributed by atoms with Gasteiger partial charge in [0.2, 0.25) is 5.91 Å². The Labute approximate surface area is 110 Å². The van der Waals surface area contributed by atoms with E-state index in [9.17, 15) is 9.59 Å². The van der Waals surface area contributed by atoms with Gasteiger partial charge in [-0.1, -0.05) is 11.8 Å². The van der Waals surface area contributed by atoms with Gasteiger partial charge in [0.05, 0.1) is 17.0 Å². The molecule has 0 saturated heterocycles. The number of hydrogen-bond acceptors (Lipinski definition) is 4. The Morgan fingerprint density at radius 1 is 1.50 bits per heavy atom. The van der Waals surface area contributed by atoms with Gasteiger partial charge in [0.15, 0.2) is 0 Å². The van der Waals surface area contributed by atoms with Gasteiger partial charge in [0, 0.05) is 5.38 Å². The number of hydrogen-bond donors (Lipinski definition) is 3. The molecule has 5 N–H and O–H groups in total. The van der Waals surface area contributed by atoms with Gasteiger partial charge >= 0.3 is 0 Å². The number of nitrogens with two attached hydrogens (primary N) is 2. The third kappa shape index (κ3) is 3.58. The maximum Gasteiger partial charge on any atom is 0.253 e. The molecule has 2 amide bonds. The van der Waals surface area contributed by atoms with E-state index in [0.29, 0.717) is 5.56 Å². The van der Waals surface area contributed by atoms with E-state index >= 15 is 0 Å². The molecule has 1 aromatic heterocycles. The molecular formula is C12H15N3O2S. The first kappa shape index (κ1) is 14.2. The highest BCUT2D eigenvalue weighted by molar-refractivity contribution is 7.10. The molecule has 0 atom stereocenters. The Bertz CT molecular complexity index is 523. The minimum atomic E-state index is -1.08. The van der Waals surface area contributed by atoms with Crippen molar-refractivity contribution in [3.05, 3.63) is 21.9 Å². The molecule has 0 fully saturated rings. The van der Waals surface area contributed by atoms with Gasteiger partial charge in [0.25, 0.3) is 5.91 Å². The smallest absolute Gasteiger partial charge is 0.253 e. The second-order valence-corrected chi connectivity index (χ2v) is 5.06. The highest BCUT2D eigenvalue weighted by atomic mass is 32.1. The first-order chi connectivity index (χ1) is 8.36. The lowest BCUT2D eigenvalue weighted by Crippen LogP contribution is -2.52. The molecule has 1 heterocycles. The molecule has 1 aromatic rings. The Morgan fingerprint density at radius 3 is 2.72 bits per heavy atom. The van der Waals surface area contributed by atoms with Crippen LogP contribution in [0.15, 0.2) is 11.4 Å². The van der Waals surface area contributed by atoms with Crippen LogP contribution in [0.4, 0.5) is 0 Å². The average molecular weight is 265 g/mol. The minimum Gasteiger partial charge on any atom is -0.368 e.